The van der Waals surface area contributed by atoms with Crippen molar-refractivity contribution in [1.29, 1.82) is 0 Å². The Morgan fingerprint density at radius 3 is 2.83 bits per heavy atom. The van der Waals surface area contributed by atoms with Gasteiger partial charge < -0.3 is 10.1 Å². The lowest BCUT2D eigenvalue weighted by molar-refractivity contribution is -0.125. The molecule has 1 N–H and O–H groups in total. The number of hydrogen-bond acceptors (Lipinski definition) is 4. The molecule has 1 aliphatic rings. The first kappa shape index (κ1) is 16.7. The third kappa shape index (κ3) is 3.67. The minimum atomic E-state index is -0.434. The molecular formula is C19H21NO3S. The quantitative estimate of drug-likeness (QED) is 0.861. The minimum Gasteiger partial charge on any atom is -0.452 e. The van der Waals surface area contributed by atoms with Crippen LogP contribution in [0, 0.1) is 13.8 Å². The van der Waals surface area contributed by atoms with E-state index in [1.165, 1.54) is 11.1 Å². The van der Waals surface area contributed by atoms with E-state index in [9.17, 15) is 9.59 Å². The molecule has 1 aliphatic carbocycles. The lowest BCUT2D eigenvalue weighted by atomic mass is 9.88. The summed E-state index contributed by atoms with van der Waals surface area (Å²) in [5.74, 6) is -0.689. The topological polar surface area (TPSA) is 55.4 Å². The highest BCUT2D eigenvalue weighted by molar-refractivity contribution is 7.12. The molecule has 0 fully saturated rings. The van der Waals surface area contributed by atoms with E-state index in [1.54, 1.807) is 17.4 Å². The number of benzene rings is 1. The number of esters is 1. The molecule has 1 aromatic carbocycles. The van der Waals surface area contributed by atoms with E-state index in [2.05, 4.69) is 17.4 Å². The van der Waals surface area contributed by atoms with Crippen molar-refractivity contribution >= 4 is 23.2 Å². The monoisotopic (exact) mass is 343 g/mol. The number of carbonyl (C=O) groups excluding carboxylic acids is 2. The van der Waals surface area contributed by atoms with Crippen molar-refractivity contribution in [2.24, 2.45) is 0 Å². The molecular weight excluding hydrogens is 322 g/mol. The summed E-state index contributed by atoms with van der Waals surface area (Å²) in [6.07, 6.45) is 3.02. The van der Waals surface area contributed by atoms with E-state index in [4.69, 9.17) is 4.74 Å². The fourth-order valence-corrected chi connectivity index (χ4v) is 4.09. The molecule has 5 heteroatoms. The van der Waals surface area contributed by atoms with Crippen molar-refractivity contribution in [3.05, 3.63) is 56.8 Å². The molecule has 0 saturated carbocycles. The smallest absolute Gasteiger partial charge is 0.339 e. The maximum Gasteiger partial charge on any atom is 0.339 e. The molecule has 0 unspecified atom stereocenters. The fraction of sp³-hybridized carbons (Fsp3) is 0.368. The zero-order valence-corrected chi connectivity index (χ0v) is 14.7. The van der Waals surface area contributed by atoms with Crippen LogP contribution in [-0.2, 0) is 16.0 Å². The molecule has 2 aromatic rings. The molecule has 1 heterocycles. The van der Waals surface area contributed by atoms with Crippen LogP contribution in [0.5, 0.6) is 0 Å². The van der Waals surface area contributed by atoms with Crippen molar-refractivity contribution in [1.82, 2.24) is 5.32 Å². The molecule has 0 bridgehead atoms. The van der Waals surface area contributed by atoms with E-state index in [0.717, 1.165) is 29.0 Å². The SMILES string of the molecule is Cc1cc(C(=O)OCC(=O)N[C@@H]2CCCc3ccccc32)c(C)s1. The molecule has 0 aliphatic heterocycles. The van der Waals surface area contributed by atoms with Crippen LogP contribution >= 0.6 is 11.3 Å². The van der Waals surface area contributed by atoms with Gasteiger partial charge in [0.1, 0.15) is 0 Å². The number of thiophene rings is 1. The van der Waals surface area contributed by atoms with Crippen LogP contribution in [0.3, 0.4) is 0 Å². The van der Waals surface area contributed by atoms with Crippen molar-refractivity contribution in [3.8, 4) is 0 Å². The number of rotatable bonds is 4. The van der Waals surface area contributed by atoms with Crippen LogP contribution in [0.15, 0.2) is 30.3 Å². The second kappa shape index (κ2) is 7.18. The number of carbonyl (C=O) groups is 2. The normalized spacial score (nSPS) is 16.3. The summed E-state index contributed by atoms with van der Waals surface area (Å²) in [6, 6.07) is 9.99. The Balaban J connectivity index is 1.57. The Hall–Kier alpha value is -2.14. The highest BCUT2D eigenvalue weighted by Gasteiger charge is 2.22. The van der Waals surface area contributed by atoms with Gasteiger partial charge in [-0.15, -0.1) is 11.3 Å². The van der Waals surface area contributed by atoms with E-state index in [1.807, 2.05) is 26.0 Å². The molecule has 4 nitrogen and oxygen atoms in total. The first-order valence-electron chi connectivity index (χ1n) is 8.16. The number of amides is 1. The molecule has 0 saturated heterocycles. The van der Waals surface area contributed by atoms with Crippen LogP contribution in [-0.4, -0.2) is 18.5 Å². The van der Waals surface area contributed by atoms with Gasteiger partial charge in [0.2, 0.25) is 0 Å². The molecule has 0 radical (unpaired) electrons. The second-order valence-electron chi connectivity index (χ2n) is 6.11. The third-order valence-corrected chi connectivity index (χ3v) is 5.27. The molecule has 3 rings (SSSR count). The standard InChI is InChI=1S/C19H21NO3S/c1-12-10-16(13(2)24-12)19(22)23-11-18(21)20-17-9-5-7-14-6-3-4-8-15(14)17/h3-4,6,8,10,17H,5,7,9,11H2,1-2H3,(H,20,21)/t17-/m1/s1. The Morgan fingerprint density at radius 1 is 1.29 bits per heavy atom. The fourth-order valence-electron chi connectivity index (χ4n) is 3.18. The maximum atomic E-state index is 12.2. The summed E-state index contributed by atoms with van der Waals surface area (Å²) in [4.78, 5) is 26.2. The minimum absolute atomic E-state index is 0.00581. The van der Waals surface area contributed by atoms with E-state index in [-0.39, 0.29) is 18.6 Å². The number of hydrogen-bond donors (Lipinski definition) is 1. The van der Waals surface area contributed by atoms with Crippen LogP contribution in [0.25, 0.3) is 0 Å². The summed E-state index contributed by atoms with van der Waals surface area (Å²) in [5.41, 5.74) is 3.01. The first-order chi connectivity index (χ1) is 11.5. The van der Waals surface area contributed by atoms with Gasteiger partial charge in [-0.3, -0.25) is 4.79 Å². The van der Waals surface area contributed by atoms with Gasteiger partial charge in [0.05, 0.1) is 11.6 Å². The molecule has 1 atom stereocenters. The van der Waals surface area contributed by atoms with E-state index < -0.39 is 5.97 Å². The molecule has 0 spiro atoms. The van der Waals surface area contributed by atoms with Gasteiger partial charge in [0, 0.05) is 9.75 Å². The summed E-state index contributed by atoms with van der Waals surface area (Å²) < 4.78 is 5.17. The summed E-state index contributed by atoms with van der Waals surface area (Å²) in [5, 5.41) is 2.99. The van der Waals surface area contributed by atoms with E-state index in [0.29, 0.717) is 5.56 Å². The average molecular weight is 343 g/mol. The molecule has 24 heavy (non-hydrogen) atoms. The van der Waals surface area contributed by atoms with Crippen molar-refractivity contribution in [2.45, 2.75) is 39.2 Å². The first-order valence-corrected chi connectivity index (χ1v) is 8.97. The van der Waals surface area contributed by atoms with E-state index >= 15 is 0 Å². The van der Waals surface area contributed by atoms with Gasteiger partial charge in [-0.25, -0.2) is 4.79 Å². The lowest BCUT2D eigenvalue weighted by Gasteiger charge is -2.26. The van der Waals surface area contributed by atoms with Crippen LogP contribution in [0.4, 0.5) is 0 Å². The van der Waals surface area contributed by atoms with Gasteiger partial charge in [-0.05, 0) is 50.3 Å². The van der Waals surface area contributed by atoms with Gasteiger partial charge >= 0.3 is 5.97 Å². The second-order valence-corrected chi connectivity index (χ2v) is 7.57. The molecule has 1 aromatic heterocycles. The van der Waals surface area contributed by atoms with Gasteiger partial charge in [0.25, 0.3) is 5.91 Å². The van der Waals surface area contributed by atoms with Gasteiger partial charge in [-0.2, -0.15) is 0 Å². The number of fused-ring (bicyclic) bond motifs is 1. The number of ether oxygens (including phenoxy) is 1. The molecule has 1 amide bonds. The highest BCUT2D eigenvalue weighted by Crippen LogP contribution is 2.29. The Bertz CT molecular complexity index is 766. The molecule has 126 valence electrons. The van der Waals surface area contributed by atoms with Gasteiger partial charge in [0.15, 0.2) is 6.61 Å². The summed E-state index contributed by atoms with van der Waals surface area (Å²) >= 11 is 1.55. The van der Waals surface area contributed by atoms with Crippen LogP contribution < -0.4 is 5.32 Å². The Morgan fingerprint density at radius 2 is 2.08 bits per heavy atom. The number of aryl methyl sites for hydroxylation is 3. The third-order valence-electron chi connectivity index (χ3n) is 4.30. The van der Waals surface area contributed by atoms with Gasteiger partial charge in [-0.1, -0.05) is 24.3 Å². The summed E-state index contributed by atoms with van der Waals surface area (Å²) in [6.45, 7) is 3.58. The summed E-state index contributed by atoms with van der Waals surface area (Å²) in [7, 11) is 0. The largest absolute Gasteiger partial charge is 0.452 e. The zero-order valence-electron chi connectivity index (χ0n) is 13.9. The van der Waals surface area contributed by atoms with Crippen molar-refractivity contribution < 1.29 is 14.3 Å². The highest BCUT2D eigenvalue weighted by atomic mass is 32.1. The van der Waals surface area contributed by atoms with Crippen molar-refractivity contribution in [2.75, 3.05) is 6.61 Å². The average Bonchev–Trinajstić information content (AvgIpc) is 2.91. The lowest BCUT2D eigenvalue weighted by Crippen LogP contribution is -2.34. The Kier molecular flexibility index (Phi) is 5.00. The Labute approximate surface area is 145 Å². The van der Waals surface area contributed by atoms with Crippen molar-refractivity contribution in [3.63, 3.8) is 0 Å². The van der Waals surface area contributed by atoms with Crippen LogP contribution in [0.1, 0.15) is 50.1 Å². The van der Waals surface area contributed by atoms with Crippen LogP contribution in [0.2, 0.25) is 0 Å². The zero-order chi connectivity index (χ0) is 17.1. The number of nitrogens with one attached hydrogen (secondary N) is 1. The predicted molar refractivity (Wildman–Crippen MR) is 94.3 cm³/mol. The maximum absolute atomic E-state index is 12.2. The predicted octanol–water partition coefficient (Wildman–Crippen LogP) is 3.72.